The van der Waals surface area contributed by atoms with E-state index in [1.807, 2.05) is 13.8 Å². The van der Waals surface area contributed by atoms with E-state index in [0.717, 1.165) is 43.4 Å². The van der Waals surface area contributed by atoms with Crippen LogP contribution in [-0.4, -0.2) is 34.8 Å². The predicted octanol–water partition coefficient (Wildman–Crippen LogP) is 0.826. The minimum atomic E-state index is -0.737. The van der Waals surface area contributed by atoms with Crippen LogP contribution < -0.4 is 10.9 Å². The fourth-order valence-electron chi connectivity index (χ4n) is 2.87. The van der Waals surface area contributed by atoms with Crippen LogP contribution >= 0.6 is 0 Å². The summed E-state index contributed by atoms with van der Waals surface area (Å²) in [6.07, 6.45) is 4.92. The number of carbonyl (C=O) groups is 2. The maximum atomic E-state index is 12.2. The first kappa shape index (κ1) is 18.2. The molecule has 0 fully saturated rings. The highest BCUT2D eigenvalue weighted by atomic mass is 16.5. The van der Waals surface area contributed by atoms with Crippen LogP contribution in [0.1, 0.15) is 44.4 Å². The second-order valence-electron chi connectivity index (χ2n) is 6.49. The highest BCUT2D eigenvalue weighted by Crippen LogP contribution is 2.16. The van der Waals surface area contributed by atoms with Crippen molar-refractivity contribution in [1.82, 2.24) is 15.1 Å². The zero-order chi connectivity index (χ0) is 17.7. The SMILES string of the molecule is COC(=O)C(NC(=O)Cn1nc2c(cc1=O)CCCCC2)C(C)C. The number of hydrogen-bond acceptors (Lipinski definition) is 5. The number of fused-ring (bicyclic) bond motifs is 1. The van der Waals surface area contributed by atoms with Gasteiger partial charge in [0.05, 0.1) is 12.8 Å². The molecule has 1 atom stereocenters. The molecular formula is C17H25N3O4. The zero-order valence-corrected chi connectivity index (χ0v) is 14.5. The number of carbonyl (C=O) groups excluding carboxylic acids is 2. The Morgan fingerprint density at radius 2 is 2.00 bits per heavy atom. The van der Waals surface area contributed by atoms with Crippen LogP contribution in [0.4, 0.5) is 0 Å². The maximum Gasteiger partial charge on any atom is 0.328 e. The Labute approximate surface area is 141 Å². The first-order valence-electron chi connectivity index (χ1n) is 8.39. The van der Waals surface area contributed by atoms with Crippen LogP contribution in [0.3, 0.4) is 0 Å². The number of nitrogens with one attached hydrogen (secondary N) is 1. The molecule has 1 heterocycles. The highest BCUT2D eigenvalue weighted by molar-refractivity contribution is 5.84. The number of nitrogens with zero attached hydrogens (tertiary/aromatic N) is 2. The summed E-state index contributed by atoms with van der Waals surface area (Å²) in [6.45, 7) is 3.43. The van der Waals surface area contributed by atoms with Crippen molar-refractivity contribution in [2.75, 3.05) is 7.11 Å². The predicted molar refractivity (Wildman–Crippen MR) is 88.5 cm³/mol. The molecule has 1 amide bonds. The molecule has 0 saturated heterocycles. The van der Waals surface area contributed by atoms with Gasteiger partial charge in [-0.1, -0.05) is 20.3 Å². The number of hydrogen-bond donors (Lipinski definition) is 1. The van der Waals surface area contributed by atoms with E-state index in [9.17, 15) is 14.4 Å². The minimum absolute atomic E-state index is 0.113. The van der Waals surface area contributed by atoms with Gasteiger partial charge >= 0.3 is 5.97 Å². The molecule has 7 nitrogen and oxygen atoms in total. The topological polar surface area (TPSA) is 90.3 Å². The summed E-state index contributed by atoms with van der Waals surface area (Å²) in [6, 6.07) is 0.847. The van der Waals surface area contributed by atoms with Crippen molar-refractivity contribution in [2.24, 2.45) is 5.92 Å². The number of aryl methyl sites for hydroxylation is 2. The van der Waals surface area contributed by atoms with Gasteiger partial charge in [-0.3, -0.25) is 9.59 Å². The molecule has 132 valence electrons. The van der Waals surface area contributed by atoms with E-state index >= 15 is 0 Å². The average molecular weight is 335 g/mol. The van der Waals surface area contributed by atoms with Crippen LogP contribution in [-0.2, 0) is 33.7 Å². The van der Waals surface area contributed by atoms with Crippen molar-refractivity contribution < 1.29 is 14.3 Å². The summed E-state index contributed by atoms with van der Waals surface area (Å²) >= 11 is 0. The molecule has 1 aromatic rings. The number of aromatic nitrogens is 2. The van der Waals surface area contributed by atoms with Gasteiger partial charge in [-0.25, -0.2) is 9.48 Å². The molecule has 7 heteroatoms. The van der Waals surface area contributed by atoms with Gasteiger partial charge in [-0.05, 0) is 37.2 Å². The first-order chi connectivity index (χ1) is 11.4. The van der Waals surface area contributed by atoms with Crippen LogP contribution in [0, 0.1) is 5.92 Å². The standard InChI is InChI=1S/C17H25N3O4/c1-11(2)16(17(23)24-3)18-14(21)10-20-15(22)9-12-7-5-4-6-8-13(12)19-20/h9,11,16H,4-8,10H2,1-3H3,(H,18,21). The molecule has 1 unspecified atom stereocenters. The van der Waals surface area contributed by atoms with E-state index in [-0.39, 0.29) is 18.0 Å². The van der Waals surface area contributed by atoms with E-state index in [4.69, 9.17) is 4.74 Å². The number of methoxy groups -OCH3 is 1. The Morgan fingerprint density at radius 1 is 1.29 bits per heavy atom. The molecule has 0 saturated carbocycles. The molecule has 0 aliphatic heterocycles. The maximum absolute atomic E-state index is 12.2. The van der Waals surface area contributed by atoms with Crippen molar-refractivity contribution in [2.45, 2.75) is 58.5 Å². The minimum Gasteiger partial charge on any atom is -0.467 e. The quantitative estimate of drug-likeness (QED) is 0.636. The van der Waals surface area contributed by atoms with Crippen LogP contribution in [0.5, 0.6) is 0 Å². The Kier molecular flexibility index (Phi) is 6.11. The van der Waals surface area contributed by atoms with Gasteiger partial charge < -0.3 is 10.1 Å². The Balaban J connectivity index is 2.12. The lowest BCUT2D eigenvalue weighted by Gasteiger charge is -2.20. The summed E-state index contributed by atoms with van der Waals surface area (Å²) in [7, 11) is 1.28. The molecule has 2 rings (SSSR count). The van der Waals surface area contributed by atoms with Crippen molar-refractivity contribution in [3.8, 4) is 0 Å². The first-order valence-corrected chi connectivity index (χ1v) is 8.39. The lowest BCUT2D eigenvalue weighted by molar-refractivity contribution is -0.146. The summed E-state index contributed by atoms with van der Waals surface area (Å²) in [5.74, 6) is -1.04. The average Bonchev–Trinajstić information content (AvgIpc) is 2.77. The lowest BCUT2D eigenvalue weighted by Crippen LogP contribution is -2.47. The molecule has 0 spiro atoms. The zero-order valence-electron chi connectivity index (χ0n) is 14.5. The van der Waals surface area contributed by atoms with Crippen molar-refractivity contribution in [3.05, 3.63) is 27.7 Å². The monoisotopic (exact) mass is 335 g/mol. The molecule has 24 heavy (non-hydrogen) atoms. The Hall–Kier alpha value is -2.18. The molecular weight excluding hydrogens is 310 g/mol. The van der Waals surface area contributed by atoms with Crippen molar-refractivity contribution in [3.63, 3.8) is 0 Å². The number of esters is 1. The summed E-state index contributed by atoms with van der Waals surface area (Å²) in [5.41, 5.74) is 1.60. The van der Waals surface area contributed by atoms with E-state index in [0.29, 0.717) is 0 Å². The van der Waals surface area contributed by atoms with E-state index < -0.39 is 17.9 Å². The number of amides is 1. The van der Waals surface area contributed by atoms with E-state index in [1.165, 1.54) is 11.8 Å². The Bertz CT molecular complexity index is 666. The van der Waals surface area contributed by atoms with E-state index in [2.05, 4.69) is 10.4 Å². The van der Waals surface area contributed by atoms with Gasteiger partial charge in [0, 0.05) is 6.07 Å². The van der Waals surface area contributed by atoms with Gasteiger partial charge in [0.15, 0.2) is 0 Å². The van der Waals surface area contributed by atoms with Gasteiger partial charge in [0.25, 0.3) is 5.56 Å². The van der Waals surface area contributed by atoms with Crippen LogP contribution in [0.15, 0.2) is 10.9 Å². The van der Waals surface area contributed by atoms with Gasteiger partial charge in [0.1, 0.15) is 12.6 Å². The molecule has 1 aromatic heterocycles. The lowest BCUT2D eigenvalue weighted by atomic mass is 10.0. The molecule has 0 bridgehead atoms. The second-order valence-corrected chi connectivity index (χ2v) is 6.49. The van der Waals surface area contributed by atoms with Gasteiger partial charge in [-0.2, -0.15) is 5.10 Å². The van der Waals surface area contributed by atoms with Gasteiger partial charge in [-0.15, -0.1) is 0 Å². The largest absolute Gasteiger partial charge is 0.467 e. The molecule has 1 aliphatic carbocycles. The number of ether oxygens (including phenoxy) is 1. The third-order valence-electron chi connectivity index (χ3n) is 4.26. The molecule has 1 aliphatic rings. The van der Waals surface area contributed by atoms with Crippen molar-refractivity contribution >= 4 is 11.9 Å². The molecule has 0 aromatic carbocycles. The Morgan fingerprint density at radius 3 is 2.67 bits per heavy atom. The molecule has 0 radical (unpaired) electrons. The van der Waals surface area contributed by atoms with Crippen LogP contribution in [0.2, 0.25) is 0 Å². The third-order valence-corrected chi connectivity index (χ3v) is 4.26. The number of rotatable bonds is 5. The summed E-state index contributed by atoms with van der Waals surface area (Å²) in [5, 5.41) is 6.98. The van der Waals surface area contributed by atoms with Crippen molar-refractivity contribution in [1.29, 1.82) is 0 Å². The fraction of sp³-hybridized carbons (Fsp3) is 0.647. The van der Waals surface area contributed by atoms with Gasteiger partial charge in [0.2, 0.25) is 5.91 Å². The highest BCUT2D eigenvalue weighted by Gasteiger charge is 2.25. The third kappa shape index (κ3) is 4.43. The normalized spacial score (nSPS) is 15.3. The fourth-order valence-corrected chi connectivity index (χ4v) is 2.87. The summed E-state index contributed by atoms with van der Waals surface area (Å²) in [4.78, 5) is 36.1. The summed E-state index contributed by atoms with van der Waals surface area (Å²) < 4.78 is 5.87. The smallest absolute Gasteiger partial charge is 0.328 e. The van der Waals surface area contributed by atoms with Crippen LogP contribution in [0.25, 0.3) is 0 Å². The molecule has 1 N–H and O–H groups in total. The van der Waals surface area contributed by atoms with E-state index in [1.54, 1.807) is 6.07 Å². The second kappa shape index (κ2) is 8.08.